The Morgan fingerprint density at radius 1 is 1.38 bits per heavy atom. The average Bonchev–Trinajstić information content (AvgIpc) is 2.45. The average molecular weight is 329 g/mol. The normalized spacial score (nSPS) is 16.3. The van der Waals surface area contributed by atoms with E-state index in [1.165, 1.54) is 12.1 Å². The Labute approximate surface area is 129 Å². The zero-order valence-corrected chi connectivity index (χ0v) is 13.0. The zero-order chi connectivity index (χ0) is 15.3. The van der Waals surface area contributed by atoms with Crippen LogP contribution in [0.1, 0.15) is 18.4 Å². The van der Waals surface area contributed by atoms with Crippen molar-refractivity contribution in [2.45, 2.75) is 23.8 Å². The number of sulfonamides is 1. The lowest BCUT2D eigenvalue weighted by molar-refractivity contribution is 0.0832. The summed E-state index contributed by atoms with van der Waals surface area (Å²) in [6.45, 7) is 1.37. The Kier molecular flexibility index (Phi) is 5.62. The van der Waals surface area contributed by atoms with E-state index in [-0.39, 0.29) is 22.5 Å². The summed E-state index contributed by atoms with van der Waals surface area (Å²) in [6.07, 6.45) is 1.33. The maximum atomic E-state index is 12.4. The van der Waals surface area contributed by atoms with Crippen molar-refractivity contribution in [3.05, 3.63) is 28.8 Å². The molecule has 1 saturated heterocycles. The van der Waals surface area contributed by atoms with Gasteiger partial charge in [-0.2, -0.15) is 0 Å². The molecule has 7 heteroatoms. The lowest BCUT2D eigenvalue weighted by atomic mass is 10.1. The largest absolute Gasteiger partial charge is 0.381 e. The van der Waals surface area contributed by atoms with Gasteiger partial charge in [0.2, 0.25) is 10.0 Å². The molecule has 0 aromatic heterocycles. The Morgan fingerprint density at radius 3 is 2.71 bits per heavy atom. The summed E-state index contributed by atoms with van der Waals surface area (Å²) >= 11 is 6.07. The Bertz CT molecular complexity index is 659. The third-order valence-electron chi connectivity index (χ3n) is 3.10. The highest BCUT2D eigenvalue weighted by Gasteiger charge is 2.24. The lowest BCUT2D eigenvalue weighted by Crippen LogP contribution is -2.38. The van der Waals surface area contributed by atoms with Gasteiger partial charge in [0.15, 0.2) is 0 Å². The minimum absolute atomic E-state index is 0.0638. The van der Waals surface area contributed by atoms with Gasteiger partial charge in [-0.15, -0.1) is 0 Å². The van der Waals surface area contributed by atoms with Crippen molar-refractivity contribution in [1.82, 2.24) is 4.72 Å². The molecule has 21 heavy (non-hydrogen) atoms. The molecule has 3 N–H and O–H groups in total. The van der Waals surface area contributed by atoms with E-state index in [0.29, 0.717) is 31.6 Å². The number of halogens is 1. The summed E-state index contributed by atoms with van der Waals surface area (Å²) in [5.41, 5.74) is 5.93. The number of hydrogen-bond donors (Lipinski definition) is 2. The molecular formula is C14H17ClN2O3S. The van der Waals surface area contributed by atoms with Gasteiger partial charge in [-0.1, -0.05) is 23.4 Å². The van der Waals surface area contributed by atoms with Gasteiger partial charge in [0.05, 0.1) is 11.6 Å². The standard InChI is InChI=1S/C14H17ClN2O3S/c15-13-10-11(2-1-7-16)3-4-14(13)21(18,19)17-12-5-8-20-9-6-12/h3-4,10,12,17H,5-9,16H2. The smallest absolute Gasteiger partial charge is 0.242 e. The third kappa shape index (κ3) is 4.43. The molecule has 1 aromatic rings. The number of nitrogens with two attached hydrogens (primary N) is 1. The summed E-state index contributed by atoms with van der Waals surface area (Å²) in [6, 6.07) is 4.50. The van der Waals surface area contributed by atoms with Crippen LogP contribution in [0.3, 0.4) is 0 Å². The first kappa shape index (κ1) is 16.3. The maximum Gasteiger partial charge on any atom is 0.242 e. The molecular weight excluding hydrogens is 312 g/mol. The predicted octanol–water partition coefficient (Wildman–Crippen LogP) is 1.11. The van der Waals surface area contributed by atoms with Gasteiger partial charge >= 0.3 is 0 Å². The third-order valence-corrected chi connectivity index (χ3v) is 5.10. The highest BCUT2D eigenvalue weighted by Crippen LogP contribution is 2.23. The van der Waals surface area contributed by atoms with Crippen LogP contribution >= 0.6 is 11.6 Å². The second kappa shape index (κ2) is 7.25. The van der Waals surface area contributed by atoms with Crippen molar-refractivity contribution >= 4 is 21.6 Å². The molecule has 0 saturated carbocycles. The Hall–Kier alpha value is -1.10. The van der Waals surface area contributed by atoms with Crippen LogP contribution < -0.4 is 10.5 Å². The molecule has 1 aromatic carbocycles. The van der Waals surface area contributed by atoms with Crippen LogP contribution in [-0.4, -0.2) is 34.2 Å². The van der Waals surface area contributed by atoms with E-state index >= 15 is 0 Å². The van der Waals surface area contributed by atoms with Crippen molar-refractivity contribution in [3.63, 3.8) is 0 Å². The van der Waals surface area contributed by atoms with Gasteiger partial charge in [-0.05, 0) is 31.0 Å². The van der Waals surface area contributed by atoms with Crippen LogP contribution in [0, 0.1) is 11.8 Å². The summed E-state index contributed by atoms with van der Waals surface area (Å²) in [4.78, 5) is 0.0638. The first-order valence-corrected chi connectivity index (χ1v) is 8.47. The Balaban J connectivity index is 2.19. The highest BCUT2D eigenvalue weighted by molar-refractivity contribution is 7.89. The van der Waals surface area contributed by atoms with E-state index in [9.17, 15) is 8.42 Å². The molecule has 0 radical (unpaired) electrons. The summed E-state index contributed by atoms with van der Waals surface area (Å²) in [5, 5.41) is 0.151. The lowest BCUT2D eigenvalue weighted by Gasteiger charge is -2.23. The number of ether oxygens (including phenoxy) is 1. The van der Waals surface area contributed by atoms with Crippen LogP contribution in [-0.2, 0) is 14.8 Å². The molecule has 1 aliphatic rings. The van der Waals surface area contributed by atoms with Gasteiger partial charge < -0.3 is 10.5 Å². The predicted molar refractivity (Wildman–Crippen MR) is 81.5 cm³/mol. The quantitative estimate of drug-likeness (QED) is 0.814. The molecule has 0 bridgehead atoms. The van der Waals surface area contributed by atoms with E-state index < -0.39 is 10.0 Å². The molecule has 0 unspecified atom stereocenters. The molecule has 1 heterocycles. The van der Waals surface area contributed by atoms with E-state index in [1.54, 1.807) is 6.07 Å². The van der Waals surface area contributed by atoms with Gasteiger partial charge in [0.1, 0.15) is 4.90 Å². The number of rotatable bonds is 3. The minimum atomic E-state index is -3.64. The Morgan fingerprint density at radius 2 is 2.10 bits per heavy atom. The molecule has 5 nitrogen and oxygen atoms in total. The SMILES string of the molecule is NCC#Cc1ccc(S(=O)(=O)NC2CCOCC2)c(Cl)c1. The monoisotopic (exact) mass is 328 g/mol. The van der Waals surface area contributed by atoms with Crippen LogP contribution in [0.15, 0.2) is 23.1 Å². The van der Waals surface area contributed by atoms with Gasteiger partial charge in [0.25, 0.3) is 0 Å². The molecule has 1 fully saturated rings. The molecule has 0 amide bonds. The number of benzene rings is 1. The van der Waals surface area contributed by atoms with Crippen LogP contribution in [0.2, 0.25) is 5.02 Å². The molecule has 0 aliphatic carbocycles. The fraction of sp³-hybridized carbons (Fsp3) is 0.429. The van der Waals surface area contributed by atoms with Crippen molar-refractivity contribution in [3.8, 4) is 11.8 Å². The van der Waals surface area contributed by atoms with Crippen LogP contribution in [0.4, 0.5) is 0 Å². The fourth-order valence-corrected chi connectivity index (χ4v) is 3.90. The van der Waals surface area contributed by atoms with Crippen molar-refractivity contribution in [1.29, 1.82) is 0 Å². The first-order valence-electron chi connectivity index (χ1n) is 6.61. The summed E-state index contributed by atoms with van der Waals surface area (Å²) in [7, 11) is -3.64. The number of hydrogen-bond acceptors (Lipinski definition) is 4. The van der Waals surface area contributed by atoms with Crippen molar-refractivity contribution < 1.29 is 13.2 Å². The highest BCUT2D eigenvalue weighted by atomic mass is 35.5. The van der Waals surface area contributed by atoms with E-state index in [1.807, 2.05) is 0 Å². The zero-order valence-electron chi connectivity index (χ0n) is 11.4. The molecule has 0 atom stereocenters. The van der Waals surface area contributed by atoms with Gasteiger partial charge in [-0.25, -0.2) is 13.1 Å². The van der Waals surface area contributed by atoms with Crippen LogP contribution in [0.25, 0.3) is 0 Å². The second-order valence-corrected chi connectivity index (χ2v) is 6.75. The molecule has 1 aliphatic heterocycles. The van der Waals surface area contributed by atoms with Gasteiger partial charge in [0, 0.05) is 24.8 Å². The maximum absolute atomic E-state index is 12.4. The van der Waals surface area contributed by atoms with E-state index in [4.69, 9.17) is 22.1 Å². The van der Waals surface area contributed by atoms with Crippen molar-refractivity contribution in [2.75, 3.05) is 19.8 Å². The van der Waals surface area contributed by atoms with Gasteiger partial charge in [-0.3, -0.25) is 0 Å². The van der Waals surface area contributed by atoms with E-state index in [0.717, 1.165) is 0 Å². The topological polar surface area (TPSA) is 81.4 Å². The number of nitrogens with one attached hydrogen (secondary N) is 1. The molecule has 2 rings (SSSR count). The van der Waals surface area contributed by atoms with E-state index in [2.05, 4.69) is 16.6 Å². The molecule has 0 spiro atoms. The second-order valence-electron chi connectivity index (χ2n) is 4.66. The molecule has 114 valence electrons. The fourth-order valence-electron chi connectivity index (χ4n) is 2.05. The summed E-state index contributed by atoms with van der Waals surface area (Å²) in [5.74, 6) is 5.51. The van der Waals surface area contributed by atoms with Crippen molar-refractivity contribution in [2.24, 2.45) is 5.73 Å². The summed E-state index contributed by atoms with van der Waals surface area (Å²) < 4.78 is 32.6. The first-order chi connectivity index (χ1) is 10.0. The van der Waals surface area contributed by atoms with Crippen LogP contribution in [0.5, 0.6) is 0 Å². The minimum Gasteiger partial charge on any atom is -0.381 e.